The van der Waals surface area contributed by atoms with Crippen LogP contribution in [0.1, 0.15) is 20.8 Å². The minimum atomic E-state index is -0.497. The molecule has 0 radical (unpaired) electrons. The van der Waals surface area contributed by atoms with Gasteiger partial charge in [0, 0.05) is 16.9 Å². The second-order valence-corrected chi connectivity index (χ2v) is 7.56. The van der Waals surface area contributed by atoms with Gasteiger partial charge in [0.25, 0.3) is 0 Å². The van der Waals surface area contributed by atoms with Gasteiger partial charge in [0.05, 0.1) is 5.88 Å². The summed E-state index contributed by atoms with van der Waals surface area (Å²) in [7, 11) is 0. The highest BCUT2D eigenvalue weighted by atomic mass is 32.2. The molecule has 1 aliphatic rings. The monoisotopic (exact) mass is 333 g/mol. The SMILES string of the molecule is CC(C)(C)C(=O)N1CSC[C@H]1C(=O)Nc1ccc2n[nH]nc2c1. The van der Waals surface area contributed by atoms with E-state index in [0.717, 1.165) is 5.52 Å². The minimum Gasteiger partial charge on any atom is -0.324 e. The van der Waals surface area contributed by atoms with Crippen LogP contribution >= 0.6 is 11.8 Å². The van der Waals surface area contributed by atoms with E-state index in [-0.39, 0.29) is 11.8 Å². The van der Waals surface area contributed by atoms with Gasteiger partial charge in [0.1, 0.15) is 17.1 Å². The van der Waals surface area contributed by atoms with Crippen LogP contribution in [-0.2, 0) is 9.59 Å². The van der Waals surface area contributed by atoms with Gasteiger partial charge < -0.3 is 10.2 Å². The standard InChI is InChI=1S/C15H19N5O2S/c1-15(2,3)14(22)20-8-23-7-12(20)13(21)16-9-4-5-10-11(6-9)18-19-17-10/h4-6,12H,7-8H2,1-3H3,(H,16,21)(H,17,18,19)/t12-/m0/s1. The summed E-state index contributed by atoms with van der Waals surface area (Å²) >= 11 is 1.59. The van der Waals surface area contributed by atoms with Gasteiger partial charge >= 0.3 is 0 Å². The number of aromatic nitrogens is 3. The van der Waals surface area contributed by atoms with Crippen LogP contribution in [0.15, 0.2) is 18.2 Å². The lowest BCUT2D eigenvalue weighted by molar-refractivity contribution is -0.143. The zero-order valence-corrected chi connectivity index (χ0v) is 14.1. The molecule has 1 saturated heterocycles. The number of aromatic amines is 1. The molecule has 1 aromatic heterocycles. The van der Waals surface area contributed by atoms with E-state index in [2.05, 4.69) is 20.7 Å². The van der Waals surface area contributed by atoms with Crippen molar-refractivity contribution >= 4 is 40.3 Å². The van der Waals surface area contributed by atoms with Crippen LogP contribution in [0.3, 0.4) is 0 Å². The summed E-state index contributed by atoms with van der Waals surface area (Å²) in [6.45, 7) is 5.60. The number of carbonyl (C=O) groups excluding carboxylic acids is 2. The van der Waals surface area contributed by atoms with Gasteiger partial charge in [-0.05, 0) is 18.2 Å². The Kier molecular flexibility index (Phi) is 4.01. The summed E-state index contributed by atoms with van der Waals surface area (Å²) < 4.78 is 0. The number of hydrogen-bond donors (Lipinski definition) is 2. The quantitative estimate of drug-likeness (QED) is 0.875. The van der Waals surface area contributed by atoms with Crippen LogP contribution in [0.25, 0.3) is 11.0 Å². The third-order valence-corrected chi connectivity index (χ3v) is 4.68. The lowest BCUT2D eigenvalue weighted by Gasteiger charge is -2.29. The normalized spacial score (nSPS) is 18.4. The summed E-state index contributed by atoms with van der Waals surface area (Å²) in [6, 6.07) is 4.88. The highest BCUT2D eigenvalue weighted by Gasteiger charge is 2.39. The van der Waals surface area contributed by atoms with Gasteiger partial charge in [0.15, 0.2) is 0 Å². The van der Waals surface area contributed by atoms with Gasteiger partial charge in [-0.1, -0.05) is 20.8 Å². The molecular weight excluding hydrogens is 314 g/mol. The third kappa shape index (κ3) is 3.17. The predicted octanol–water partition coefficient (Wildman–Crippen LogP) is 1.84. The van der Waals surface area contributed by atoms with E-state index in [9.17, 15) is 9.59 Å². The summed E-state index contributed by atoms with van der Waals surface area (Å²) in [6.07, 6.45) is 0. The minimum absolute atomic E-state index is 0.00500. The van der Waals surface area contributed by atoms with E-state index in [1.54, 1.807) is 34.9 Å². The molecule has 7 nitrogen and oxygen atoms in total. The lowest BCUT2D eigenvalue weighted by Crippen LogP contribution is -2.48. The summed E-state index contributed by atoms with van der Waals surface area (Å²) in [5.41, 5.74) is 1.58. The molecule has 3 rings (SSSR count). The van der Waals surface area contributed by atoms with Crippen LogP contribution in [-0.4, -0.2) is 49.8 Å². The zero-order chi connectivity index (χ0) is 16.6. The van der Waals surface area contributed by atoms with E-state index in [4.69, 9.17) is 0 Å². The molecule has 122 valence electrons. The third-order valence-electron chi connectivity index (χ3n) is 3.67. The highest BCUT2D eigenvalue weighted by molar-refractivity contribution is 7.99. The van der Waals surface area contributed by atoms with E-state index < -0.39 is 11.5 Å². The molecular formula is C15H19N5O2S. The van der Waals surface area contributed by atoms with Gasteiger partial charge in [-0.25, -0.2) is 0 Å². The molecule has 8 heteroatoms. The van der Waals surface area contributed by atoms with E-state index in [0.29, 0.717) is 22.8 Å². The molecule has 0 saturated carbocycles. The van der Waals surface area contributed by atoms with Crippen LogP contribution in [0.5, 0.6) is 0 Å². The first-order chi connectivity index (χ1) is 10.9. The molecule has 2 heterocycles. The maximum atomic E-state index is 12.6. The first-order valence-corrected chi connectivity index (χ1v) is 8.52. The van der Waals surface area contributed by atoms with Crippen molar-refractivity contribution in [2.24, 2.45) is 5.41 Å². The Morgan fingerprint density at radius 3 is 2.78 bits per heavy atom. The number of anilines is 1. The topological polar surface area (TPSA) is 91.0 Å². The molecule has 1 fully saturated rings. The first-order valence-electron chi connectivity index (χ1n) is 7.36. The summed E-state index contributed by atoms with van der Waals surface area (Å²) in [5, 5.41) is 13.4. The number of fused-ring (bicyclic) bond motifs is 1. The number of benzene rings is 1. The number of nitrogens with zero attached hydrogens (tertiary/aromatic N) is 3. The largest absolute Gasteiger partial charge is 0.324 e. The Morgan fingerprint density at radius 2 is 2.04 bits per heavy atom. The van der Waals surface area contributed by atoms with Gasteiger partial charge in [0.2, 0.25) is 11.8 Å². The Morgan fingerprint density at radius 1 is 1.30 bits per heavy atom. The van der Waals surface area contributed by atoms with Crippen molar-refractivity contribution in [3.8, 4) is 0 Å². The molecule has 0 bridgehead atoms. The molecule has 0 unspecified atom stereocenters. The Balaban J connectivity index is 1.75. The maximum Gasteiger partial charge on any atom is 0.248 e. The summed E-state index contributed by atoms with van der Waals surface area (Å²) in [5.74, 6) is 0.987. The second kappa shape index (κ2) is 5.84. The van der Waals surface area contributed by atoms with Crippen molar-refractivity contribution in [1.82, 2.24) is 20.3 Å². The number of hydrogen-bond acceptors (Lipinski definition) is 5. The fourth-order valence-electron chi connectivity index (χ4n) is 2.43. The number of thioether (sulfide) groups is 1. The van der Waals surface area contributed by atoms with Crippen LogP contribution < -0.4 is 5.32 Å². The van der Waals surface area contributed by atoms with Gasteiger partial charge in [-0.3, -0.25) is 9.59 Å². The fraction of sp³-hybridized carbons (Fsp3) is 0.467. The number of carbonyl (C=O) groups is 2. The molecule has 0 spiro atoms. The van der Waals surface area contributed by atoms with Crippen LogP contribution in [0.2, 0.25) is 0 Å². The van der Waals surface area contributed by atoms with Crippen molar-refractivity contribution in [1.29, 1.82) is 0 Å². The van der Waals surface area contributed by atoms with Crippen molar-refractivity contribution in [2.45, 2.75) is 26.8 Å². The van der Waals surface area contributed by atoms with Crippen molar-refractivity contribution in [3.63, 3.8) is 0 Å². The molecule has 1 atom stereocenters. The van der Waals surface area contributed by atoms with Crippen LogP contribution in [0.4, 0.5) is 5.69 Å². The molecule has 2 amide bonds. The average molecular weight is 333 g/mol. The number of amides is 2. The first kappa shape index (κ1) is 15.8. The number of H-pyrrole nitrogens is 1. The molecule has 0 aliphatic carbocycles. The molecule has 2 aromatic rings. The van der Waals surface area contributed by atoms with E-state index in [1.807, 2.05) is 20.8 Å². The van der Waals surface area contributed by atoms with Crippen molar-refractivity contribution in [2.75, 3.05) is 16.9 Å². The number of rotatable bonds is 2. The van der Waals surface area contributed by atoms with E-state index >= 15 is 0 Å². The lowest BCUT2D eigenvalue weighted by atomic mass is 9.94. The Bertz CT molecular complexity index is 752. The average Bonchev–Trinajstić information content (AvgIpc) is 3.13. The zero-order valence-electron chi connectivity index (χ0n) is 13.3. The number of nitrogens with one attached hydrogen (secondary N) is 2. The van der Waals surface area contributed by atoms with Crippen molar-refractivity contribution in [3.05, 3.63) is 18.2 Å². The Labute approximate surface area is 138 Å². The second-order valence-electron chi connectivity index (χ2n) is 6.56. The van der Waals surface area contributed by atoms with Gasteiger partial charge in [-0.15, -0.1) is 11.8 Å². The molecule has 2 N–H and O–H groups in total. The maximum absolute atomic E-state index is 12.6. The van der Waals surface area contributed by atoms with Crippen molar-refractivity contribution < 1.29 is 9.59 Å². The van der Waals surface area contributed by atoms with Gasteiger partial charge in [-0.2, -0.15) is 15.4 Å². The predicted molar refractivity (Wildman–Crippen MR) is 89.9 cm³/mol. The Hall–Kier alpha value is -2.09. The fourth-order valence-corrected chi connectivity index (χ4v) is 3.59. The van der Waals surface area contributed by atoms with E-state index in [1.165, 1.54) is 0 Å². The highest BCUT2D eigenvalue weighted by Crippen LogP contribution is 2.28. The molecule has 1 aliphatic heterocycles. The molecule has 1 aromatic carbocycles. The smallest absolute Gasteiger partial charge is 0.248 e. The molecule has 23 heavy (non-hydrogen) atoms. The summed E-state index contributed by atoms with van der Waals surface area (Å²) in [4.78, 5) is 26.7. The van der Waals surface area contributed by atoms with Crippen LogP contribution in [0, 0.1) is 5.41 Å².